The van der Waals surface area contributed by atoms with Gasteiger partial charge in [0.05, 0.1) is 6.54 Å². The smallest absolute Gasteiger partial charge is 0.331 e. The molecule has 1 unspecified atom stereocenters. The molecule has 32 heavy (non-hydrogen) atoms. The van der Waals surface area contributed by atoms with Gasteiger partial charge in [0.2, 0.25) is 0 Å². The van der Waals surface area contributed by atoms with Crippen LogP contribution in [-0.2, 0) is 6.54 Å². The first kappa shape index (κ1) is 23.4. The van der Waals surface area contributed by atoms with E-state index in [1.165, 1.54) is 4.90 Å². The summed E-state index contributed by atoms with van der Waals surface area (Å²) in [7, 11) is 0. The van der Waals surface area contributed by atoms with Gasteiger partial charge in [-0.2, -0.15) is 0 Å². The molecule has 1 saturated heterocycles. The number of nitrogens with one attached hydrogen (secondary N) is 3. The fourth-order valence-electron chi connectivity index (χ4n) is 3.34. The van der Waals surface area contributed by atoms with Crippen molar-refractivity contribution in [3.05, 3.63) is 64.7 Å². The third-order valence-corrected chi connectivity index (χ3v) is 5.15. The Kier molecular flexibility index (Phi) is 7.25. The average Bonchev–Trinajstić information content (AvgIpc) is 2.72. The maximum absolute atomic E-state index is 13.2. The van der Waals surface area contributed by atoms with Crippen LogP contribution in [0.3, 0.4) is 0 Å². The number of amides is 5. The lowest BCUT2D eigenvalue weighted by molar-refractivity contribution is 0.0941. The van der Waals surface area contributed by atoms with Crippen molar-refractivity contribution >= 4 is 35.3 Å². The maximum atomic E-state index is 13.2. The van der Waals surface area contributed by atoms with Crippen LogP contribution in [0, 0.1) is 0 Å². The van der Waals surface area contributed by atoms with Gasteiger partial charge in [-0.25, -0.2) is 14.5 Å². The topological polar surface area (TPSA) is 93.8 Å². The zero-order valence-corrected chi connectivity index (χ0v) is 19.3. The highest BCUT2D eigenvalue weighted by Crippen LogP contribution is 2.21. The fourth-order valence-corrected chi connectivity index (χ4v) is 3.46. The van der Waals surface area contributed by atoms with Crippen LogP contribution >= 0.6 is 11.6 Å². The van der Waals surface area contributed by atoms with Crippen molar-refractivity contribution in [3.63, 3.8) is 0 Å². The Balaban J connectivity index is 1.81. The molecule has 3 N–H and O–H groups in total. The van der Waals surface area contributed by atoms with E-state index in [0.717, 1.165) is 5.56 Å². The van der Waals surface area contributed by atoms with E-state index in [2.05, 4.69) is 16.0 Å². The van der Waals surface area contributed by atoms with Gasteiger partial charge in [0, 0.05) is 28.4 Å². The van der Waals surface area contributed by atoms with Crippen molar-refractivity contribution in [1.82, 2.24) is 20.4 Å². The Labute approximate surface area is 192 Å². The number of benzene rings is 2. The zero-order valence-electron chi connectivity index (χ0n) is 18.6. The first-order valence-electron chi connectivity index (χ1n) is 10.5. The zero-order chi connectivity index (χ0) is 23.4. The molecule has 5 amide bonds. The molecular formula is C23H28ClN5O3. The van der Waals surface area contributed by atoms with Crippen LogP contribution in [0.2, 0.25) is 5.02 Å². The average molecular weight is 458 g/mol. The summed E-state index contributed by atoms with van der Waals surface area (Å²) < 4.78 is 0. The second kappa shape index (κ2) is 9.91. The van der Waals surface area contributed by atoms with Gasteiger partial charge in [-0.3, -0.25) is 15.0 Å². The van der Waals surface area contributed by atoms with Crippen LogP contribution in [0.1, 0.15) is 43.6 Å². The number of rotatable bonds is 7. The number of carbonyl (C=O) groups is 3. The molecule has 0 bridgehead atoms. The van der Waals surface area contributed by atoms with Crippen molar-refractivity contribution in [2.45, 2.75) is 52.6 Å². The quantitative estimate of drug-likeness (QED) is 0.580. The van der Waals surface area contributed by atoms with Gasteiger partial charge in [-0.05, 0) is 69.7 Å². The second-order valence-corrected chi connectivity index (χ2v) is 8.64. The number of hydrogen-bond acceptors (Lipinski definition) is 4. The van der Waals surface area contributed by atoms with E-state index in [-0.39, 0.29) is 24.5 Å². The van der Waals surface area contributed by atoms with Crippen LogP contribution < -0.4 is 16.0 Å². The molecule has 0 aliphatic carbocycles. The third-order valence-electron chi connectivity index (χ3n) is 4.90. The van der Waals surface area contributed by atoms with Crippen LogP contribution in [-0.4, -0.2) is 46.1 Å². The van der Waals surface area contributed by atoms with E-state index in [9.17, 15) is 14.4 Å². The molecule has 0 radical (unpaired) electrons. The lowest BCUT2D eigenvalue weighted by Gasteiger charge is -2.42. The molecule has 0 saturated carbocycles. The van der Waals surface area contributed by atoms with Gasteiger partial charge in [0.15, 0.2) is 6.29 Å². The summed E-state index contributed by atoms with van der Waals surface area (Å²) in [5.41, 5.74) is 2.05. The molecule has 2 aromatic rings. The Bertz CT molecular complexity index is 976. The van der Waals surface area contributed by atoms with E-state index in [4.69, 9.17) is 11.6 Å². The Morgan fingerprint density at radius 3 is 2.22 bits per heavy atom. The van der Waals surface area contributed by atoms with Gasteiger partial charge in [0.1, 0.15) is 0 Å². The summed E-state index contributed by atoms with van der Waals surface area (Å²) in [5.74, 6) is -0.162. The molecule has 170 valence electrons. The summed E-state index contributed by atoms with van der Waals surface area (Å²) >= 11 is 5.98. The molecule has 0 spiro atoms. The van der Waals surface area contributed by atoms with Crippen molar-refractivity contribution in [2.24, 2.45) is 0 Å². The van der Waals surface area contributed by atoms with E-state index in [0.29, 0.717) is 16.3 Å². The first-order valence-corrected chi connectivity index (χ1v) is 10.9. The van der Waals surface area contributed by atoms with Crippen LogP contribution in [0.25, 0.3) is 0 Å². The van der Waals surface area contributed by atoms with Crippen LogP contribution in [0.4, 0.5) is 15.3 Å². The van der Waals surface area contributed by atoms with Crippen LogP contribution in [0.15, 0.2) is 48.5 Å². The summed E-state index contributed by atoms with van der Waals surface area (Å²) in [6.45, 7) is 7.63. The first-order chi connectivity index (χ1) is 15.2. The van der Waals surface area contributed by atoms with Gasteiger partial charge < -0.3 is 10.6 Å². The van der Waals surface area contributed by atoms with Crippen molar-refractivity contribution < 1.29 is 14.4 Å². The molecule has 2 aromatic carbocycles. The van der Waals surface area contributed by atoms with Crippen molar-refractivity contribution in [3.8, 4) is 0 Å². The molecular weight excluding hydrogens is 430 g/mol. The van der Waals surface area contributed by atoms with Crippen LogP contribution in [0.5, 0.6) is 0 Å². The molecule has 1 aliphatic heterocycles. The SMILES string of the molecule is CC(C)NC(=O)c1ccc(NC2NC(=O)N(C(C)C)C(=O)N2Cc2ccc(Cl)cc2)cc1. The predicted octanol–water partition coefficient (Wildman–Crippen LogP) is 4.23. The lowest BCUT2D eigenvalue weighted by atomic mass is 10.1. The minimum atomic E-state index is -0.768. The molecule has 1 aliphatic rings. The summed E-state index contributed by atoms with van der Waals surface area (Å²) in [4.78, 5) is 40.7. The second-order valence-electron chi connectivity index (χ2n) is 8.20. The largest absolute Gasteiger partial charge is 0.350 e. The number of urea groups is 2. The normalized spacial score (nSPS) is 16.4. The highest BCUT2D eigenvalue weighted by molar-refractivity contribution is 6.30. The summed E-state index contributed by atoms with van der Waals surface area (Å²) in [6, 6.07) is 12.9. The number of halogens is 1. The predicted molar refractivity (Wildman–Crippen MR) is 124 cm³/mol. The Morgan fingerprint density at radius 1 is 1.03 bits per heavy atom. The number of nitrogens with zero attached hydrogens (tertiary/aromatic N) is 2. The van der Waals surface area contributed by atoms with Gasteiger partial charge >= 0.3 is 12.1 Å². The summed E-state index contributed by atoms with van der Waals surface area (Å²) in [5, 5.41) is 9.47. The molecule has 1 atom stereocenters. The Morgan fingerprint density at radius 2 is 1.66 bits per heavy atom. The number of anilines is 1. The number of imide groups is 1. The van der Waals surface area contributed by atoms with Gasteiger partial charge in [-0.15, -0.1) is 0 Å². The van der Waals surface area contributed by atoms with E-state index < -0.39 is 18.4 Å². The van der Waals surface area contributed by atoms with E-state index in [1.807, 2.05) is 26.0 Å². The van der Waals surface area contributed by atoms with E-state index >= 15 is 0 Å². The molecule has 9 heteroatoms. The fraction of sp³-hybridized carbons (Fsp3) is 0.348. The monoisotopic (exact) mass is 457 g/mol. The highest BCUT2D eigenvalue weighted by atomic mass is 35.5. The third kappa shape index (κ3) is 5.50. The van der Waals surface area contributed by atoms with Crippen molar-refractivity contribution in [1.29, 1.82) is 0 Å². The molecule has 8 nitrogen and oxygen atoms in total. The molecule has 1 heterocycles. The van der Waals surface area contributed by atoms with Gasteiger partial charge in [-0.1, -0.05) is 23.7 Å². The number of hydrogen-bond donors (Lipinski definition) is 3. The van der Waals surface area contributed by atoms with Gasteiger partial charge in [0.25, 0.3) is 5.91 Å². The molecule has 1 fully saturated rings. The van der Waals surface area contributed by atoms with Crippen molar-refractivity contribution in [2.75, 3.05) is 5.32 Å². The highest BCUT2D eigenvalue weighted by Gasteiger charge is 2.39. The minimum Gasteiger partial charge on any atom is -0.350 e. The maximum Gasteiger partial charge on any atom is 0.331 e. The number of carbonyl (C=O) groups excluding carboxylic acids is 3. The minimum absolute atomic E-state index is 0.0362. The standard InChI is InChI=1S/C23H28ClN5O3/c1-14(2)25-20(30)17-7-11-19(12-8-17)26-21-27-22(31)29(15(3)4)23(32)28(21)13-16-5-9-18(24)10-6-16/h5-12,14-15,21,26H,13H2,1-4H3,(H,25,30)(H,27,31). The lowest BCUT2D eigenvalue weighted by Crippen LogP contribution is -2.68. The molecule has 3 rings (SSSR count). The summed E-state index contributed by atoms with van der Waals surface area (Å²) in [6.07, 6.45) is -0.768. The molecule has 0 aromatic heterocycles. The van der Waals surface area contributed by atoms with E-state index in [1.54, 1.807) is 55.1 Å². The Hall–Kier alpha value is -3.26.